The molecule has 22 heteroatoms. The van der Waals surface area contributed by atoms with E-state index in [1.165, 1.54) is 48.7 Å². The van der Waals surface area contributed by atoms with Crippen molar-refractivity contribution in [1.29, 1.82) is 0 Å². The third-order valence-electron chi connectivity index (χ3n) is 7.30. The zero-order chi connectivity index (χ0) is 41.8. The van der Waals surface area contributed by atoms with Crippen LogP contribution in [-0.4, -0.2) is 109 Å². The second-order valence-electron chi connectivity index (χ2n) is 11.4. The molecule has 3 heterocycles. The molecule has 3 aromatic heterocycles. The third kappa shape index (κ3) is 12.2. The van der Waals surface area contributed by atoms with Gasteiger partial charge in [0.1, 0.15) is 51.5 Å². The van der Waals surface area contributed by atoms with E-state index in [9.17, 15) is 21.6 Å². The number of hydrogen-bond acceptors (Lipinski definition) is 15. The van der Waals surface area contributed by atoms with E-state index in [-0.39, 0.29) is 36.5 Å². The minimum absolute atomic E-state index is 0. The highest BCUT2D eigenvalue weighted by Crippen LogP contribution is 2.37. The van der Waals surface area contributed by atoms with Gasteiger partial charge in [-0.3, -0.25) is 20.2 Å². The molecule has 0 saturated carbocycles. The number of nitrogens with one attached hydrogen (secondary N) is 3. The topological polar surface area (TPSA) is 246 Å². The molecule has 0 aliphatic heterocycles. The van der Waals surface area contributed by atoms with Gasteiger partial charge in [0.2, 0.25) is 17.7 Å². The summed E-state index contributed by atoms with van der Waals surface area (Å²) in [6, 6.07) is 20.0. The number of pyridine rings is 2. The Morgan fingerprint density at radius 1 is 0.672 bits per heavy atom. The van der Waals surface area contributed by atoms with Crippen LogP contribution in [0.4, 0.5) is 5.69 Å². The number of aromatic nitrogens is 5. The van der Waals surface area contributed by atoms with Crippen LogP contribution in [-0.2, 0) is 25.6 Å². The van der Waals surface area contributed by atoms with Gasteiger partial charge in [-0.15, -0.1) is 14.6 Å². The highest BCUT2D eigenvalue weighted by Gasteiger charge is 2.25. The fourth-order valence-electron chi connectivity index (χ4n) is 4.92. The Kier molecular flexibility index (Phi) is 16.1. The Labute approximate surface area is 336 Å². The SMILES string of the molecule is C.COc1cccc(-c2nnc(CS(C)(=O)=O)n2-c2c(OC)cccc2OC)n1.COc1cccc(C(=O)NNC(=NS(C)(=O)=O)Nc2c(OC)cccc2OC)n1. The molecule has 0 spiro atoms. The molecule has 1 amide bonds. The van der Waals surface area contributed by atoms with Crippen molar-refractivity contribution in [2.45, 2.75) is 13.2 Å². The number of para-hydroxylation sites is 2. The Hall–Kier alpha value is -6.68. The van der Waals surface area contributed by atoms with Gasteiger partial charge in [0, 0.05) is 18.4 Å². The molecule has 312 valence electrons. The van der Waals surface area contributed by atoms with Crippen LogP contribution in [0.2, 0.25) is 0 Å². The lowest BCUT2D eigenvalue weighted by molar-refractivity contribution is 0.0937. The normalized spacial score (nSPS) is 11.1. The summed E-state index contributed by atoms with van der Waals surface area (Å²) in [6.45, 7) is 0. The molecule has 0 aliphatic rings. The number of sulfonamides is 1. The molecule has 0 bridgehead atoms. The molecule has 0 fully saturated rings. The zero-order valence-corrected chi connectivity index (χ0v) is 33.8. The Balaban J connectivity index is 0.000000305. The first-order valence-electron chi connectivity index (χ1n) is 16.3. The van der Waals surface area contributed by atoms with Gasteiger partial charge in [-0.2, -0.15) is 0 Å². The number of carbonyl (C=O) groups is 1. The van der Waals surface area contributed by atoms with Crippen molar-refractivity contribution in [3.8, 4) is 52.0 Å². The fraction of sp³-hybridized carbons (Fsp3) is 0.278. The lowest BCUT2D eigenvalue weighted by atomic mass is 10.2. The van der Waals surface area contributed by atoms with E-state index < -0.39 is 25.8 Å². The van der Waals surface area contributed by atoms with Crippen LogP contribution in [0.1, 0.15) is 23.7 Å². The van der Waals surface area contributed by atoms with Crippen molar-refractivity contribution < 1.29 is 50.1 Å². The number of hydrogen-bond donors (Lipinski definition) is 3. The van der Waals surface area contributed by atoms with Gasteiger partial charge >= 0.3 is 0 Å². The third-order valence-corrected chi connectivity index (χ3v) is 8.59. The van der Waals surface area contributed by atoms with Gasteiger partial charge in [-0.05, 0) is 36.4 Å². The number of amides is 1. The average Bonchev–Trinajstić information content (AvgIpc) is 3.60. The van der Waals surface area contributed by atoms with E-state index in [0.717, 1.165) is 12.5 Å². The molecule has 0 radical (unpaired) electrons. The van der Waals surface area contributed by atoms with E-state index in [2.05, 4.69) is 40.7 Å². The molecular formula is C36H45N9O11S2. The molecule has 20 nitrogen and oxygen atoms in total. The standard InChI is InChI=1S/C18H20N4O5S.C17H21N5O6S.CH4/c1-25-13-8-6-9-14(26-2)17(13)22-15(11-28(4,23)24)20-21-18(22)12-7-5-10-16(19-12)27-3;1-26-12-8-6-9-13(27-2)15(12)19-17(22-29(4,24)25)21-20-16(23)11-7-5-10-14(18-11)28-3;/h5-10H,11H2,1-4H3;5-10H,1-4H3,(H,20,23)(H2,19,21,22);1H4. The number of nitrogens with zero attached hydrogens (tertiary/aromatic N) is 6. The van der Waals surface area contributed by atoms with Crippen LogP contribution < -0.4 is 44.6 Å². The summed E-state index contributed by atoms with van der Waals surface area (Å²) in [5, 5.41) is 11.0. The zero-order valence-electron chi connectivity index (χ0n) is 32.1. The lowest BCUT2D eigenvalue weighted by Gasteiger charge is -2.17. The van der Waals surface area contributed by atoms with Crippen molar-refractivity contribution in [1.82, 2.24) is 35.6 Å². The number of hydrazine groups is 1. The maximum Gasteiger partial charge on any atom is 0.288 e. The molecule has 58 heavy (non-hydrogen) atoms. The van der Waals surface area contributed by atoms with E-state index in [4.69, 9.17) is 28.4 Å². The number of rotatable bonds is 13. The first kappa shape index (κ1) is 45.7. The Morgan fingerprint density at radius 2 is 1.19 bits per heavy atom. The highest BCUT2D eigenvalue weighted by molar-refractivity contribution is 7.90. The summed E-state index contributed by atoms with van der Waals surface area (Å²) in [6.07, 6.45) is 2.04. The summed E-state index contributed by atoms with van der Waals surface area (Å²) in [5.74, 6) is 1.63. The largest absolute Gasteiger partial charge is 0.494 e. The predicted molar refractivity (Wildman–Crippen MR) is 216 cm³/mol. The van der Waals surface area contributed by atoms with E-state index in [0.29, 0.717) is 51.8 Å². The van der Waals surface area contributed by atoms with Crippen LogP contribution >= 0.6 is 0 Å². The van der Waals surface area contributed by atoms with Crippen molar-refractivity contribution >= 4 is 37.4 Å². The van der Waals surface area contributed by atoms with E-state index in [1.807, 2.05) is 0 Å². The smallest absolute Gasteiger partial charge is 0.288 e. The fourth-order valence-corrected chi connectivity index (χ4v) is 6.00. The molecule has 0 saturated heterocycles. The second kappa shape index (κ2) is 20.5. The number of ether oxygens (including phenoxy) is 6. The summed E-state index contributed by atoms with van der Waals surface area (Å²) in [4.78, 5) is 20.7. The van der Waals surface area contributed by atoms with Gasteiger partial charge in [-0.25, -0.2) is 26.8 Å². The van der Waals surface area contributed by atoms with Crippen LogP contribution in [0.25, 0.3) is 17.2 Å². The molecular weight excluding hydrogens is 799 g/mol. The quantitative estimate of drug-likeness (QED) is 0.0874. The van der Waals surface area contributed by atoms with Gasteiger partial charge in [0.05, 0.1) is 48.9 Å². The van der Waals surface area contributed by atoms with E-state index >= 15 is 0 Å². The Bertz CT molecular complexity index is 2400. The first-order chi connectivity index (χ1) is 27.1. The number of sulfone groups is 1. The maximum atomic E-state index is 12.3. The van der Waals surface area contributed by atoms with Gasteiger partial charge < -0.3 is 33.7 Å². The maximum absolute atomic E-state index is 12.3. The number of carbonyl (C=O) groups excluding carboxylic acids is 1. The molecule has 0 atom stereocenters. The van der Waals surface area contributed by atoms with Crippen LogP contribution in [0, 0.1) is 0 Å². The summed E-state index contributed by atoms with van der Waals surface area (Å²) < 4.78 is 84.0. The van der Waals surface area contributed by atoms with Crippen molar-refractivity contribution in [2.75, 3.05) is 60.5 Å². The number of guanidine groups is 1. The molecule has 0 aliphatic carbocycles. The summed E-state index contributed by atoms with van der Waals surface area (Å²) in [5.41, 5.74) is 6.05. The predicted octanol–water partition coefficient (Wildman–Crippen LogP) is 3.31. The molecule has 5 rings (SSSR count). The van der Waals surface area contributed by atoms with Gasteiger partial charge in [0.15, 0.2) is 21.5 Å². The summed E-state index contributed by atoms with van der Waals surface area (Å²) >= 11 is 0. The minimum Gasteiger partial charge on any atom is -0.494 e. The second-order valence-corrected chi connectivity index (χ2v) is 15.2. The first-order valence-corrected chi connectivity index (χ1v) is 20.3. The number of benzene rings is 2. The van der Waals surface area contributed by atoms with Crippen molar-refractivity contribution in [2.24, 2.45) is 4.40 Å². The van der Waals surface area contributed by atoms with E-state index in [1.54, 1.807) is 71.3 Å². The van der Waals surface area contributed by atoms with Crippen LogP contribution in [0.5, 0.6) is 34.8 Å². The highest BCUT2D eigenvalue weighted by atomic mass is 32.2. The van der Waals surface area contributed by atoms with Gasteiger partial charge in [0.25, 0.3) is 15.9 Å². The molecule has 5 aromatic rings. The number of anilines is 1. The molecule has 3 N–H and O–H groups in total. The van der Waals surface area contributed by atoms with Crippen molar-refractivity contribution in [3.63, 3.8) is 0 Å². The number of methoxy groups -OCH3 is 6. The minimum atomic E-state index is -3.81. The average molecular weight is 844 g/mol. The van der Waals surface area contributed by atoms with Crippen molar-refractivity contribution in [3.05, 3.63) is 84.3 Å². The molecule has 2 aromatic carbocycles. The molecule has 0 unspecified atom stereocenters. The van der Waals surface area contributed by atoms with Crippen LogP contribution in [0.15, 0.2) is 77.2 Å². The monoisotopic (exact) mass is 843 g/mol. The summed E-state index contributed by atoms with van der Waals surface area (Å²) in [7, 11) is 1.65. The lowest BCUT2D eigenvalue weighted by Crippen LogP contribution is -2.45. The van der Waals surface area contributed by atoms with Gasteiger partial charge in [-0.1, -0.05) is 31.7 Å². The van der Waals surface area contributed by atoms with Crippen LogP contribution in [0.3, 0.4) is 0 Å². The Morgan fingerprint density at radius 3 is 1.71 bits per heavy atom.